The molecule has 118 valence electrons. The Morgan fingerprint density at radius 3 is 3.04 bits per heavy atom. The smallest absolute Gasteiger partial charge is 0.223 e. The van der Waals surface area contributed by atoms with Crippen LogP contribution in [0.25, 0.3) is 10.7 Å². The van der Waals surface area contributed by atoms with Gasteiger partial charge in [-0.3, -0.25) is 4.98 Å². The molecule has 0 aliphatic carbocycles. The molecule has 1 aliphatic heterocycles. The maximum atomic E-state index is 5.74. The van der Waals surface area contributed by atoms with Gasteiger partial charge in [0.1, 0.15) is 11.8 Å². The second kappa shape index (κ2) is 6.01. The molecule has 3 aromatic heterocycles. The van der Waals surface area contributed by atoms with E-state index in [2.05, 4.69) is 30.2 Å². The maximum absolute atomic E-state index is 5.74. The zero-order valence-electron chi connectivity index (χ0n) is 12.4. The van der Waals surface area contributed by atoms with Crippen molar-refractivity contribution in [3.63, 3.8) is 0 Å². The van der Waals surface area contributed by atoms with Crippen molar-refractivity contribution in [3.8, 4) is 10.7 Å². The number of morpholine rings is 1. The van der Waals surface area contributed by atoms with E-state index in [1.165, 1.54) is 11.3 Å². The molecular weight excluding hydrogens is 316 g/mol. The lowest BCUT2D eigenvalue weighted by Crippen LogP contribution is -2.38. The third-order valence-electron chi connectivity index (χ3n) is 3.47. The van der Waals surface area contributed by atoms with Crippen LogP contribution < -0.4 is 4.90 Å². The highest BCUT2D eigenvalue weighted by atomic mass is 32.1. The van der Waals surface area contributed by atoms with E-state index in [-0.39, 0.29) is 6.10 Å². The molecule has 4 rings (SSSR count). The quantitative estimate of drug-likeness (QED) is 0.719. The fourth-order valence-corrected chi connectivity index (χ4v) is 3.22. The first-order valence-electron chi connectivity index (χ1n) is 7.21. The van der Waals surface area contributed by atoms with E-state index in [4.69, 9.17) is 9.26 Å². The molecule has 4 heterocycles. The Balaban J connectivity index is 1.53. The van der Waals surface area contributed by atoms with E-state index < -0.39 is 0 Å². The van der Waals surface area contributed by atoms with Crippen LogP contribution in [0.2, 0.25) is 0 Å². The predicted octanol–water partition coefficient (Wildman–Crippen LogP) is 1.87. The number of nitrogens with zero attached hydrogens (tertiary/aromatic N) is 6. The Labute approximate surface area is 136 Å². The van der Waals surface area contributed by atoms with Crippen LogP contribution in [0, 0.1) is 6.92 Å². The molecule has 3 aromatic rings. The minimum atomic E-state index is -0.219. The van der Waals surface area contributed by atoms with Crippen molar-refractivity contribution in [2.75, 3.05) is 24.6 Å². The van der Waals surface area contributed by atoms with Crippen molar-refractivity contribution in [2.24, 2.45) is 0 Å². The Morgan fingerprint density at radius 2 is 2.26 bits per heavy atom. The largest absolute Gasteiger partial charge is 0.366 e. The highest BCUT2D eigenvalue weighted by Crippen LogP contribution is 2.30. The highest BCUT2D eigenvalue weighted by molar-refractivity contribution is 7.18. The van der Waals surface area contributed by atoms with E-state index in [1.807, 2.05) is 18.2 Å². The van der Waals surface area contributed by atoms with Gasteiger partial charge < -0.3 is 14.2 Å². The summed E-state index contributed by atoms with van der Waals surface area (Å²) in [5.74, 6) is 1.11. The number of anilines is 1. The van der Waals surface area contributed by atoms with Crippen LogP contribution in [0.5, 0.6) is 0 Å². The molecule has 0 amide bonds. The Bertz CT molecular complexity index is 789. The van der Waals surface area contributed by atoms with Gasteiger partial charge >= 0.3 is 0 Å². The van der Waals surface area contributed by atoms with E-state index >= 15 is 0 Å². The van der Waals surface area contributed by atoms with E-state index in [0.717, 1.165) is 22.4 Å². The first kappa shape index (κ1) is 14.2. The fraction of sp³-hybridized carbons (Fsp3) is 0.357. The minimum absolute atomic E-state index is 0.219. The Kier molecular flexibility index (Phi) is 3.72. The van der Waals surface area contributed by atoms with Gasteiger partial charge in [-0.1, -0.05) is 22.6 Å². The normalized spacial score (nSPS) is 18.3. The van der Waals surface area contributed by atoms with Crippen molar-refractivity contribution < 1.29 is 9.26 Å². The van der Waals surface area contributed by atoms with Crippen LogP contribution in [0.3, 0.4) is 0 Å². The lowest BCUT2D eigenvalue weighted by molar-refractivity contribution is 0.0326. The number of hydrogen-bond donors (Lipinski definition) is 0. The zero-order chi connectivity index (χ0) is 15.6. The van der Waals surface area contributed by atoms with Gasteiger partial charge in [-0.05, 0) is 12.1 Å². The van der Waals surface area contributed by atoms with Crippen molar-refractivity contribution in [3.05, 3.63) is 36.1 Å². The summed E-state index contributed by atoms with van der Waals surface area (Å²) in [6.07, 6.45) is 1.53. The van der Waals surface area contributed by atoms with Crippen molar-refractivity contribution in [2.45, 2.75) is 13.0 Å². The number of rotatable bonds is 3. The van der Waals surface area contributed by atoms with Gasteiger partial charge in [0.25, 0.3) is 0 Å². The molecule has 1 atom stereocenters. The van der Waals surface area contributed by atoms with Gasteiger partial charge in [0.05, 0.1) is 13.2 Å². The summed E-state index contributed by atoms with van der Waals surface area (Å²) in [5.41, 5.74) is 0.829. The second-order valence-corrected chi connectivity index (χ2v) is 6.04. The van der Waals surface area contributed by atoms with Gasteiger partial charge in [0.2, 0.25) is 16.8 Å². The van der Waals surface area contributed by atoms with Crippen LogP contribution in [0.15, 0.2) is 28.9 Å². The molecule has 1 saturated heterocycles. The Hall–Kier alpha value is -2.39. The summed E-state index contributed by atoms with van der Waals surface area (Å²) in [7, 11) is 0. The Morgan fingerprint density at radius 1 is 1.30 bits per heavy atom. The van der Waals surface area contributed by atoms with Crippen molar-refractivity contribution >= 4 is 16.5 Å². The summed E-state index contributed by atoms with van der Waals surface area (Å²) < 4.78 is 10.8. The van der Waals surface area contributed by atoms with Gasteiger partial charge in [-0.15, -0.1) is 10.2 Å². The molecule has 9 heteroatoms. The number of ether oxygens (including phenoxy) is 1. The molecule has 0 N–H and O–H groups in total. The average molecular weight is 330 g/mol. The lowest BCUT2D eigenvalue weighted by Gasteiger charge is -2.30. The third-order valence-corrected chi connectivity index (χ3v) is 4.47. The van der Waals surface area contributed by atoms with E-state index in [0.29, 0.717) is 24.9 Å². The minimum Gasteiger partial charge on any atom is -0.366 e. The second-order valence-electron chi connectivity index (χ2n) is 5.08. The average Bonchev–Trinajstić information content (AvgIpc) is 3.25. The summed E-state index contributed by atoms with van der Waals surface area (Å²) in [6, 6.07) is 5.74. The number of aryl methyl sites for hydroxylation is 1. The molecule has 0 spiro atoms. The van der Waals surface area contributed by atoms with Crippen LogP contribution in [0.4, 0.5) is 5.13 Å². The molecule has 0 aromatic carbocycles. The molecule has 0 saturated carbocycles. The zero-order valence-corrected chi connectivity index (χ0v) is 13.2. The van der Waals surface area contributed by atoms with Crippen LogP contribution >= 0.6 is 11.3 Å². The molecule has 8 nitrogen and oxygen atoms in total. The van der Waals surface area contributed by atoms with Crippen molar-refractivity contribution in [1.82, 2.24) is 25.3 Å². The molecule has 1 fully saturated rings. The van der Waals surface area contributed by atoms with Gasteiger partial charge in [-0.25, -0.2) is 0 Å². The molecular formula is C14H14N6O2S. The van der Waals surface area contributed by atoms with Crippen LogP contribution in [0.1, 0.15) is 17.8 Å². The molecule has 0 radical (unpaired) electrons. The topological polar surface area (TPSA) is 90.1 Å². The maximum Gasteiger partial charge on any atom is 0.223 e. The van der Waals surface area contributed by atoms with Gasteiger partial charge in [-0.2, -0.15) is 4.98 Å². The summed E-state index contributed by atoms with van der Waals surface area (Å²) >= 11 is 1.52. The first-order valence-corrected chi connectivity index (χ1v) is 8.03. The van der Waals surface area contributed by atoms with Crippen LogP contribution in [-0.2, 0) is 4.74 Å². The molecule has 0 bridgehead atoms. The number of pyridine rings is 1. The monoisotopic (exact) mass is 330 g/mol. The fourth-order valence-electron chi connectivity index (χ4n) is 2.36. The molecule has 23 heavy (non-hydrogen) atoms. The lowest BCUT2D eigenvalue weighted by atomic mass is 10.2. The van der Waals surface area contributed by atoms with Gasteiger partial charge in [0.15, 0.2) is 5.01 Å². The highest BCUT2D eigenvalue weighted by Gasteiger charge is 2.27. The SMILES string of the molecule is Cc1nc([C@H]2CN(c3nnc(-c4ccccn4)s3)CCO2)no1. The molecule has 1 aliphatic rings. The molecule has 0 unspecified atom stereocenters. The summed E-state index contributed by atoms with van der Waals surface area (Å²) in [6.45, 7) is 3.72. The van der Waals surface area contributed by atoms with Gasteiger partial charge in [0, 0.05) is 19.7 Å². The van der Waals surface area contributed by atoms with Crippen molar-refractivity contribution in [1.29, 1.82) is 0 Å². The van der Waals surface area contributed by atoms with E-state index in [9.17, 15) is 0 Å². The third kappa shape index (κ3) is 2.92. The summed E-state index contributed by atoms with van der Waals surface area (Å²) in [5, 5.41) is 14.1. The number of hydrogen-bond acceptors (Lipinski definition) is 9. The standard InChI is InChI=1S/C14H14N6O2S/c1-9-16-12(19-22-9)11-8-20(6-7-21-11)14-18-17-13(23-14)10-4-2-3-5-15-10/h2-5,11H,6-8H2,1H3/t11-/m1/s1. The summed E-state index contributed by atoms with van der Waals surface area (Å²) in [4.78, 5) is 10.7. The van der Waals surface area contributed by atoms with E-state index in [1.54, 1.807) is 13.1 Å². The van der Waals surface area contributed by atoms with Crippen LogP contribution in [-0.4, -0.2) is 45.0 Å². The first-order chi connectivity index (χ1) is 11.3. The predicted molar refractivity (Wildman–Crippen MR) is 83.1 cm³/mol. The number of aromatic nitrogens is 5.